The Kier molecular flexibility index (Phi) is 3.75. The molecule has 4 N–H and O–H groups in total. The van der Waals surface area contributed by atoms with Gasteiger partial charge in [-0.05, 0) is 38.5 Å². The minimum Gasteiger partial charge on any atom is -0.465 e. The van der Waals surface area contributed by atoms with Gasteiger partial charge in [0, 0.05) is 6.04 Å². The molecule has 0 aromatic carbocycles. The standard InChI is InChI=1S/C14H22N4O3/c1-21-14(20)11-12(15)18(9-6-3-7-10(9)19)17-13(11)16-8-4-2-5-8/h8-10,19H,2-7,15H2,1H3,(H,16,17). The van der Waals surface area contributed by atoms with Crippen LogP contribution in [0.15, 0.2) is 0 Å². The number of nitrogen functional groups attached to an aromatic ring is 1. The molecule has 1 aromatic rings. The second-order valence-electron chi connectivity index (χ2n) is 5.88. The van der Waals surface area contributed by atoms with Gasteiger partial charge in [0.25, 0.3) is 0 Å². The van der Waals surface area contributed by atoms with Crippen molar-refractivity contribution in [2.45, 2.75) is 56.7 Å². The third-order valence-corrected chi connectivity index (χ3v) is 4.54. The number of carbonyl (C=O) groups is 1. The molecule has 2 atom stereocenters. The second-order valence-corrected chi connectivity index (χ2v) is 5.88. The first-order valence-corrected chi connectivity index (χ1v) is 7.52. The van der Waals surface area contributed by atoms with Gasteiger partial charge in [-0.2, -0.15) is 5.10 Å². The van der Waals surface area contributed by atoms with E-state index in [-0.39, 0.29) is 17.4 Å². The second kappa shape index (κ2) is 5.55. The summed E-state index contributed by atoms with van der Waals surface area (Å²) in [4.78, 5) is 12.0. The summed E-state index contributed by atoms with van der Waals surface area (Å²) in [5.41, 5.74) is 6.39. The van der Waals surface area contributed by atoms with Crippen molar-refractivity contribution in [3.63, 3.8) is 0 Å². The highest BCUT2D eigenvalue weighted by Gasteiger charge is 2.33. The number of aliphatic hydroxyl groups is 1. The van der Waals surface area contributed by atoms with Gasteiger partial charge in [-0.1, -0.05) is 0 Å². The van der Waals surface area contributed by atoms with Crippen LogP contribution in [0.5, 0.6) is 0 Å². The molecule has 116 valence electrons. The Labute approximate surface area is 123 Å². The highest BCUT2D eigenvalue weighted by molar-refractivity contribution is 5.99. The highest BCUT2D eigenvalue weighted by Crippen LogP contribution is 2.35. The number of carbonyl (C=O) groups excluding carboxylic acids is 1. The Morgan fingerprint density at radius 2 is 2.10 bits per heavy atom. The maximum atomic E-state index is 12.0. The van der Waals surface area contributed by atoms with Gasteiger partial charge in [0.15, 0.2) is 5.82 Å². The van der Waals surface area contributed by atoms with E-state index < -0.39 is 12.1 Å². The first kappa shape index (κ1) is 14.2. The third kappa shape index (κ3) is 2.46. The van der Waals surface area contributed by atoms with Crippen LogP contribution in [0.25, 0.3) is 0 Å². The summed E-state index contributed by atoms with van der Waals surface area (Å²) in [6.45, 7) is 0. The number of nitrogens with zero attached hydrogens (tertiary/aromatic N) is 2. The lowest BCUT2D eigenvalue weighted by Gasteiger charge is -2.26. The molecule has 0 amide bonds. The molecule has 2 aliphatic rings. The lowest BCUT2D eigenvalue weighted by molar-refractivity contribution is 0.0602. The van der Waals surface area contributed by atoms with E-state index in [2.05, 4.69) is 10.4 Å². The van der Waals surface area contributed by atoms with E-state index in [4.69, 9.17) is 10.5 Å². The molecule has 2 saturated carbocycles. The van der Waals surface area contributed by atoms with E-state index in [9.17, 15) is 9.90 Å². The third-order valence-electron chi connectivity index (χ3n) is 4.54. The number of ether oxygens (including phenoxy) is 1. The van der Waals surface area contributed by atoms with Crippen LogP contribution in [0.1, 0.15) is 54.9 Å². The normalized spacial score (nSPS) is 25.6. The number of nitrogens with one attached hydrogen (secondary N) is 1. The molecule has 3 rings (SSSR count). The predicted molar refractivity (Wildman–Crippen MR) is 78.1 cm³/mol. The zero-order chi connectivity index (χ0) is 15.0. The zero-order valence-electron chi connectivity index (χ0n) is 12.2. The number of methoxy groups -OCH3 is 1. The monoisotopic (exact) mass is 294 g/mol. The number of esters is 1. The maximum absolute atomic E-state index is 12.0. The fourth-order valence-corrected chi connectivity index (χ4v) is 3.06. The average molecular weight is 294 g/mol. The summed E-state index contributed by atoms with van der Waals surface area (Å²) in [6, 6.07) is 0.176. The van der Waals surface area contributed by atoms with E-state index in [1.807, 2.05) is 0 Å². The molecular formula is C14H22N4O3. The molecule has 1 aromatic heterocycles. The Bertz CT molecular complexity index is 539. The predicted octanol–water partition coefficient (Wildman–Crippen LogP) is 1.30. The molecule has 0 spiro atoms. The summed E-state index contributed by atoms with van der Waals surface area (Å²) in [7, 11) is 1.33. The lowest BCUT2D eigenvalue weighted by Crippen LogP contribution is -2.28. The van der Waals surface area contributed by atoms with Crippen LogP contribution in [-0.4, -0.2) is 40.1 Å². The topological polar surface area (TPSA) is 102 Å². The minimum atomic E-state index is -0.493. The van der Waals surface area contributed by atoms with Crippen LogP contribution in [0.4, 0.5) is 11.6 Å². The van der Waals surface area contributed by atoms with E-state index in [1.165, 1.54) is 13.5 Å². The smallest absolute Gasteiger partial charge is 0.345 e. The fraction of sp³-hybridized carbons (Fsp3) is 0.714. The summed E-state index contributed by atoms with van der Waals surface area (Å²) < 4.78 is 6.41. The van der Waals surface area contributed by atoms with Crippen molar-refractivity contribution in [3.05, 3.63) is 5.56 Å². The Hall–Kier alpha value is -1.76. The molecule has 1 heterocycles. The van der Waals surface area contributed by atoms with Crippen molar-refractivity contribution >= 4 is 17.6 Å². The van der Waals surface area contributed by atoms with Gasteiger partial charge in [-0.25, -0.2) is 9.48 Å². The number of aromatic nitrogens is 2. The lowest BCUT2D eigenvalue weighted by atomic mass is 9.93. The van der Waals surface area contributed by atoms with Crippen molar-refractivity contribution in [3.8, 4) is 0 Å². The van der Waals surface area contributed by atoms with Crippen LogP contribution < -0.4 is 11.1 Å². The molecule has 21 heavy (non-hydrogen) atoms. The van der Waals surface area contributed by atoms with Gasteiger partial charge in [0.05, 0.1) is 19.3 Å². The van der Waals surface area contributed by atoms with Gasteiger partial charge in [0.2, 0.25) is 0 Å². The number of anilines is 2. The SMILES string of the molecule is COC(=O)c1c(NC2CCC2)nn(C2CCCC2O)c1N. The number of nitrogens with two attached hydrogens (primary N) is 1. The van der Waals surface area contributed by atoms with Crippen LogP contribution >= 0.6 is 0 Å². The number of aliphatic hydroxyl groups excluding tert-OH is 1. The van der Waals surface area contributed by atoms with Crippen molar-refractivity contribution in [1.82, 2.24) is 9.78 Å². The molecular weight excluding hydrogens is 272 g/mol. The molecule has 0 saturated heterocycles. The Morgan fingerprint density at radius 3 is 2.62 bits per heavy atom. The average Bonchev–Trinajstić information content (AvgIpc) is 2.97. The zero-order valence-corrected chi connectivity index (χ0v) is 12.2. The minimum absolute atomic E-state index is 0.162. The molecule has 0 radical (unpaired) electrons. The van der Waals surface area contributed by atoms with Crippen LogP contribution in [0.3, 0.4) is 0 Å². The van der Waals surface area contributed by atoms with Crippen molar-refractivity contribution < 1.29 is 14.6 Å². The first-order valence-electron chi connectivity index (χ1n) is 7.52. The van der Waals surface area contributed by atoms with Crippen LogP contribution in [0, 0.1) is 0 Å². The molecule has 2 aliphatic carbocycles. The molecule has 2 unspecified atom stereocenters. The van der Waals surface area contributed by atoms with Gasteiger partial charge >= 0.3 is 5.97 Å². The molecule has 0 aliphatic heterocycles. The van der Waals surface area contributed by atoms with E-state index in [1.54, 1.807) is 4.68 Å². The van der Waals surface area contributed by atoms with E-state index in [0.29, 0.717) is 11.9 Å². The van der Waals surface area contributed by atoms with Gasteiger partial charge in [0.1, 0.15) is 11.4 Å². The summed E-state index contributed by atoms with van der Waals surface area (Å²) in [6.07, 6.45) is 5.35. The number of rotatable bonds is 4. The van der Waals surface area contributed by atoms with Gasteiger partial charge in [-0.3, -0.25) is 0 Å². The first-order chi connectivity index (χ1) is 10.1. The Balaban J connectivity index is 1.94. The van der Waals surface area contributed by atoms with Crippen LogP contribution in [-0.2, 0) is 4.74 Å². The molecule has 7 heteroatoms. The summed E-state index contributed by atoms with van der Waals surface area (Å²) >= 11 is 0. The number of hydrogen-bond donors (Lipinski definition) is 3. The quantitative estimate of drug-likeness (QED) is 0.723. The van der Waals surface area contributed by atoms with Crippen molar-refractivity contribution in [1.29, 1.82) is 0 Å². The van der Waals surface area contributed by atoms with E-state index >= 15 is 0 Å². The molecule has 2 fully saturated rings. The highest BCUT2D eigenvalue weighted by atomic mass is 16.5. The number of hydrogen-bond acceptors (Lipinski definition) is 6. The van der Waals surface area contributed by atoms with Crippen molar-refractivity contribution in [2.24, 2.45) is 0 Å². The summed E-state index contributed by atoms with van der Waals surface area (Å²) in [5.74, 6) is 0.255. The fourth-order valence-electron chi connectivity index (χ4n) is 3.06. The van der Waals surface area contributed by atoms with E-state index in [0.717, 1.165) is 32.1 Å². The Morgan fingerprint density at radius 1 is 1.38 bits per heavy atom. The largest absolute Gasteiger partial charge is 0.465 e. The van der Waals surface area contributed by atoms with Gasteiger partial charge in [-0.15, -0.1) is 0 Å². The maximum Gasteiger partial charge on any atom is 0.345 e. The van der Waals surface area contributed by atoms with Crippen LogP contribution in [0.2, 0.25) is 0 Å². The van der Waals surface area contributed by atoms with Crippen molar-refractivity contribution in [2.75, 3.05) is 18.2 Å². The van der Waals surface area contributed by atoms with Gasteiger partial charge < -0.3 is 20.9 Å². The molecule has 0 bridgehead atoms. The summed E-state index contributed by atoms with van der Waals surface area (Å²) in [5, 5.41) is 17.8. The molecule has 7 nitrogen and oxygen atoms in total.